The Balaban J connectivity index is 1.87. The van der Waals surface area contributed by atoms with Crippen molar-refractivity contribution in [2.45, 2.75) is 20.0 Å². The van der Waals surface area contributed by atoms with Crippen molar-refractivity contribution in [3.8, 4) is 11.3 Å². The normalized spacial score (nSPS) is 11.2. The van der Waals surface area contributed by atoms with Gasteiger partial charge in [0.05, 0.1) is 12.2 Å². The molecule has 1 N–H and O–H groups in total. The molecule has 0 aliphatic heterocycles. The molecule has 152 valence electrons. The number of carboxylic acid groups (broad SMARTS) is 1. The second kappa shape index (κ2) is 7.97. The van der Waals surface area contributed by atoms with Crippen LogP contribution in [0, 0.1) is 6.92 Å². The average molecular weight is 442 g/mol. The monoisotopic (exact) mass is 441 g/mol. The molecule has 30 heavy (non-hydrogen) atoms. The zero-order valence-corrected chi connectivity index (χ0v) is 17.5. The van der Waals surface area contributed by atoms with Gasteiger partial charge in [-0.05, 0) is 48.9 Å². The van der Waals surface area contributed by atoms with E-state index >= 15 is 0 Å². The molecule has 6 nitrogen and oxygen atoms in total. The second-order valence-corrected chi connectivity index (χ2v) is 7.82. The molecule has 0 aliphatic rings. The molecule has 2 aromatic carbocycles. The lowest BCUT2D eigenvalue weighted by Crippen LogP contribution is -2.22. The minimum Gasteiger partial charge on any atom is -0.480 e. The molecule has 0 bridgehead atoms. The lowest BCUT2D eigenvalue weighted by molar-refractivity contribution is -0.137. The summed E-state index contributed by atoms with van der Waals surface area (Å²) in [6.45, 7) is 1.94. The molecule has 2 heterocycles. The standard InChI is InChI=1S/C22H17Cl2N3O3/c1-13-22(17-10-16(24)6-8-19(17)26(13)12-21(29)30)18-7-9-20(28)27(25-18)11-14-2-4-15(23)5-3-14/h2-10H,11-12H2,1H3,(H,29,30). The summed E-state index contributed by atoms with van der Waals surface area (Å²) in [5, 5.41) is 15.8. The third kappa shape index (κ3) is 3.84. The van der Waals surface area contributed by atoms with E-state index in [4.69, 9.17) is 23.2 Å². The van der Waals surface area contributed by atoms with E-state index in [1.807, 2.05) is 19.1 Å². The van der Waals surface area contributed by atoms with Gasteiger partial charge < -0.3 is 9.67 Å². The molecule has 4 aromatic rings. The molecular formula is C22H17Cl2N3O3. The number of aromatic nitrogens is 3. The molecule has 0 saturated heterocycles. The van der Waals surface area contributed by atoms with Crippen LogP contribution in [0.2, 0.25) is 10.0 Å². The maximum absolute atomic E-state index is 12.4. The Bertz CT molecular complexity index is 1320. The molecule has 0 saturated carbocycles. The Labute approximate surface area is 181 Å². The zero-order chi connectivity index (χ0) is 21.4. The minimum absolute atomic E-state index is 0.186. The Morgan fingerprint density at radius 2 is 1.73 bits per heavy atom. The number of fused-ring (bicyclic) bond motifs is 1. The molecular weight excluding hydrogens is 425 g/mol. The number of nitrogens with zero attached hydrogens (tertiary/aromatic N) is 3. The summed E-state index contributed by atoms with van der Waals surface area (Å²) in [6.07, 6.45) is 0. The van der Waals surface area contributed by atoms with Gasteiger partial charge in [-0.2, -0.15) is 5.10 Å². The topological polar surface area (TPSA) is 77.1 Å². The Morgan fingerprint density at radius 3 is 2.43 bits per heavy atom. The molecule has 4 rings (SSSR count). The first-order valence-corrected chi connectivity index (χ1v) is 9.92. The third-order valence-corrected chi connectivity index (χ3v) is 5.43. The lowest BCUT2D eigenvalue weighted by atomic mass is 10.1. The Kier molecular flexibility index (Phi) is 5.37. The number of hydrogen-bond donors (Lipinski definition) is 1. The third-order valence-electron chi connectivity index (χ3n) is 4.95. The van der Waals surface area contributed by atoms with Crippen LogP contribution in [0.3, 0.4) is 0 Å². The van der Waals surface area contributed by atoms with Gasteiger partial charge in [0.25, 0.3) is 5.56 Å². The van der Waals surface area contributed by atoms with E-state index < -0.39 is 5.97 Å². The van der Waals surface area contributed by atoms with Gasteiger partial charge in [0.1, 0.15) is 6.54 Å². The Morgan fingerprint density at radius 1 is 1.03 bits per heavy atom. The van der Waals surface area contributed by atoms with E-state index in [0.717, 1.165) is 27.7 Å². The number of halogens is 2. The van der Waals surface area contributed by atoms with Crippen LogP contribution in [-0.2, 0) is 17.9 Å². The summed E-state index contributed by atoms with van der Waals surface area (Å²) in [5.74, 6) is -0.947. The largest absolute Gasteiger partial charge is 0.480 e. The molecule has 0 unspecified atom stereocenters. The highest BCUT2D eigenvalue weighted by molar-refractivity contribution is 6.31. The molecule has 0 aliphatic carbocycles. The van der Waals surface area contributed by atoms with Crippen molar-refractivity contribution in [1.82, 2.24) is 14.3 Å². The van der Waals surface area contributed by atoms with E-state index in [9.17, 15) is 14.7 Å². The maximum Gasteiger partial charge on any atom is 0.323 e. The van der Waals surface area contributed by atoms with Crippen molar-refractivity contribution in [2.24, 2.45) is 0 Å². The highest BCUT2D eigenvalue weighted by atomic mass is 35.5. The first kappa shape index (κ1) is 20.2. The second-order valence-electron chi connectivity index (χ2n) is 6.94. The number of hydrogen-bond acceptors (Lipinski definition) is 3. The van der Waals surface area contributed by atoms with Crippen LogP contribution >= 0.6 is 23.2 Å². The fraction of sp³-hybridized carbons (Fsp3) is 0.136. The van der Waals surface area contributed by atoms with Crippen LogP contribution in [0.1, 0.15) is 11.3 Å². The number of aliphatic carboxylic acids is 1. The van der Waals surface area contributed by atoms with Gasteiger partial charge in [-0.15, -0.1) is 0 Å². The van der Waals surface area contributed by atoms with Crippen molar-refractivity contribution in [1.29, 1.82) is 0 Å². The molecule has 0 amide bonds. The van der Waals surface area contributed by atoms with Crippen molar-refractivity contribution < 1.29 is 9.90 Å². The minimum atomic E-state index is -0.947. The van der Waals surface area contributed by atoms with Crippen LogP contribution in [0.25, 0.3) is 22.2 Å². The van der Waals surface area contributed by atoms with Gasteiger partial charge in [0.2, 0.25) is 0 Å². The molecule has 0 radical (unpaired) electrons. The lowest BCUT2D eigenvalue weighted by Gasteiger charge is -2.09. The quantitative estimate of drug-likeness (QED) is 0.490. The van der Waals surface area contributed by atoms with Crippen LogP contribution < -0.4 is 5.56 Å². The summed E-state index contributed by atoms with van der Waals surface area (Å²) in [7, 11) is 0. The van der Waals surface area contributed by atoms with Crippen molar-refractivity contribution >= 4 is 40.1 Å². The van der Waals surface area contributed by atoms with Crippen molar-refractivity contribution in [3.05, 3.63) is 86.3 Å². The molecule has 0 spiro atoms. The number of rotatable bonds is 5. The summed E-state index contributed by atoms with van der Waals surface area (Å²) >= 11 is 12.1. The zero-order valence-electron chi connectivity index (χ0n) is 16.0. The van der Waals surface area contributed by atoms with Crippen LogP contribution in [0.4, 0.5) is 0 Å². The van der Waals surface area contributed by atoms with E-state index in [1.54, 1.807) is 41.0 Å². The van der Waals surface area contributed by atoms with Gasteiger partial charge in [0, 0.05) is 38.3 Å². The van der Waals surface area contributed by atoms with Crippen molar-refractivity contribution in [3.63, 3.8) is 0 Å². The van der Waals surface area contributed by atoms with E-state index in [0.29, 0.717) is 15.7 Å². The summed E-state index contributed by atoms with van der Waals surface area (Å²) < 4.78 is 3.09. The highest BCUT2D eigenvalue weighted by Gasteiger charge is 2.19. The first-order valence-electron chi connectivity index (χ1n) is 9.16. The van der Waals surface area contributed by atoms with E-state index in [-0.39, 0.29) is 18.6 Å². The summed E-state index contributed by atoms with van der Waals surface area (Å²) in [4.78, 5) is 23.8. The van der Waals surface area contributed by atoms with Crippen molar-refractivity contribution in [2.75, 3.05) is 0 Å². The fourth-order valence-electron chi connectivity index (χ4n) is 3.58. The molecule has 2 aromatic heterocycles. The van der Waals surface area contributed by atoms with Gasteiger partial charge >= 0.3 is 5.97 Å². The maximum atomic E-state index is 12.4. The fourth-order valence-corrected chi connectivity index (χ4v) is 3.87. The van der Waals surface area contributed by atoms with Crippen LogP contribution in [0.15, 0.2) is 59.4 Å². The Hall–Kier alpha value is -3.09. The number of benzene rings is 2. The average Bonchev–Trinajstić information content (AvgIpc) is 2.96. The SMILES string of the molecule is Cc1c(-c2ccc(=O)n(Cc3ccc(Cl)cc3)n2)c2cc(Cl)ccc2n1CC(=O)O. The van der Waals surface area contributed by atoms with Crippen LogP contribution in [0.5, 0.6) is 0 Å². The number of carboxylic acids is 1. The predicted molar refractivity (Wildman–Crippen MR) is 117 cm³/mol. The predicted octanol–water partition coefficient (Wildman–Crippen LogP) is 4.61. The smallest absolute Gasteiger partial charge is 0.323 e. The van der Waals surface area contributed by atoms with Crippen LogP contribution in [-0.4, -0.2) is 25.4 Å². The summed E-state index contributed by atoms with van der Waals surface area (Å²) in [6, 6.07) is 15.6. The van der Waals surface area contributed by atoms with Gasteiger partial charge in [-0.25, -0.2) is 4.68 Å². The van der Waals surface area contributed by atoms with E-state index in [2.05, 4.69) is 5.10 Å². The highest BCUT2D eigenvalue weighted by Crippen LogP contribution is 2.35. The first-order chi connectivity index (χ1) is 14.3. The number of carbonyl (C=O) groups is 1. The summed E-state index contributed by atoms with van der Waals surface area (Å²) in [5.41, 5.74) is 3.44. The molecule has 0 fully saturated rings. The molecule has 8 heteroatoms. The van der Waals surface area contributed by atoms with E-state index in [1.165, 1.54) is 10.7 Å². The van der Waals surface area contributed by atoms with Gasteiger partial charge in [0.15, 0.2) is 0 Å². The van der Waals surface area contributed by atoms with Gasteiger partial charge in [-0.3, -0.25) is 9.59 Å². The molecule has 0 atom stereocenters. The van der Waals surface area contributed by atoms with Gasteiger partial charge in [-0.1, -0.05) is 35.3 Å².